The standard InChI is InChI=1S/C14H11ClF3N3/c1-3-4-10(7-9(2)14(16,17)18)11-8-19-13-6-5-12(15)20-21(11)13/h3-8H,1H2,2H3/b9-7+,10-4+. The second-order valence-corrected chi connectivity index (χ2v) is 4.64. The van der Waals surface area contributed by atoms with Gasteiger partial charge in [-0.3, -0.25) is 0 Å². The van der Waals surface area contributed by atoms with Gasteiger partial charge in [-0.1, -0.05) is 30.3 Å². The molecule has 0 radical (unpaired) electrons. The van der Waals surface area contributed by atoms with Gasteiger partial charge in [-0.15, -0.1) is 0 Å². The molecular weight excluding hydrogens is 303 g/mol. The number of hydrogen-bond donors (Lipinski definition) is 0. The Hall–Kier alpha value is -2.08. The third-order valence-corrected chi connectivity index (χ3v) is 2.94. The van der Waals surface area contributed by atoms with Crippen LogP contribution < -0.4 is 0 Å². The fourth-order valence-electron chi connectivity index (χ4n) is 1.70. The van der Waals surface area contributed by atoms with Crippen LogP contribution in [0.3, 0.4) is 0 Å². The zero-order valence-electron chi connectivity index (χ0n) is 11.0. The largest absolute Gasteiger partial charge is 0.412 e. The molecule has 21 heavy (non-hydrogen) atoms. The van der Waals surface area contributed by atoms with E-state index >= 15 is 0 Å². The number of hydrogen-bond acceptors (Lipinski definition) is 2. The van der Waals surface area contributed by atoms with Crippen LogP contribution in [0.25, 0.3) is 11.2 Å². The Labute approximate surface area is 124 Å². The normalized spacial score (nSPS) is 13.8. The summed E-state index contributed by atoms with van der Waals surface area (Å²) in [5, 5.41) is 4.26. The van der Waals surface area contributed by atoms with Crippen LogP contribution in [0.4, 0.5) is 13.2 Å². The van der Waals surface area contributed by atoms with Crippen LogP contribution in [0.5, 0.6) is 0 Å². The maximum Gasteiger partial charge on any atom is 0.412 e. The monoisotopic (exact) mass is 313 g/mol. The van der Waals surface area contributed by atoms with Gasteiger partial charge < -0.3 is 0 Å². The van der Waals surface area contributed by atoms with Crippen LogP contribution in [0.2, 0.25) is 5.15 Å². The van der Waals surface area contributed by atoms with Gasteiger partial charge in [0.25, 0.3) is 0 Å². The van der Waals surface area contributed by atoms with Gasteiger partial charge in [0.2, 0.25) is 0 Å². The van der Waals surface area contributed by atoms with Gasteiger partial charge in [-0.05, 0) is 25.1 Å². The van der Waals surface area contributed by atoms with E-state index in [1.165, 1.54) is 22.9 Å². The number of nitrogens with zero attached hydrogens (tertiary/aromatic N) is 3. The highest BCUT2D eigenvalue weighted by atomic mass is 35.5. The van der Waals surface area contributed by atoms with Gasteiger partial charge in [0.15, 0.2) is 5.65 Å². The Bertz CT molecular complexity index is 741. The fourth-order valence-corrected chi connectivity index (χ4v) is 1.84. The minimum atomic E-state index is -4.40. The fraction of sp³-hybridized carbons (Fsp3) is 0.143. The lowest BCUT2D eigenvalue weighted by Gasteiger charge is -2.08. The third-order valence-electron chi connectivity index (χ3n) is 2.74. The number of fused-ring (bicyclic) bond motifs is 1. The van der Waals surface area contributed by atoms with E-state index in [0.29, 0.717) is 16.9 Å². The molecule has 2 aromatic heterocycles. The van der Waals surface area contributed by atoms with Crippen LogP contribution in [-0.2, 0) is 0 Å². The lowest BCUT2D eigenvalue weighted by Crippen LogP contribution is -2.09. The minimum Gasteiger partial charge on any atom is -0.235 e. The molecule has 0 aliphatic rings. The van der Waals surface area contributed by atoms with E-state index in [1.54, 1.807) is 12.1 Å². The zero-order valence-corrected chi connectivity index (χ0v) is 11.8. The van der Waals surface area contributed by atoms with Crippen molar-refractivity contribution in [3.05, 3.63) is 59.6 Å². The summed E-state index contributed by atoms with van der Waals surface area (Å²) in [4.78, 5) is 4.09. The molecule has 0 unspecified atom stereocenters. The Kier molecular flexibility index (Phi) is 4.18. The first-order valence-electron chi connectivity index (χ1n) is 5.92. The first-order valence-corrected chi connectivity index (χ1v) is 6.29. The molecule has 2 rings (SSSR count). The smallest absolute Gasteiger partial charge is 0.235 e. The lowest BCUT2D eigenvalue weighted by molar-refractivity contribution is -0.0912. The molecule has 2 heterocycles. The number of rotatable bonds is 3. The van der Waals surface area contributed by atoms with E-state index in [-0.39, 0.29) is 5.15 Å². The third kappa shape index (κ3) is 3.33. The van der Waals surface area contributed by atoms with Crippen LogP contribution in [-0.4, -0.2) is 20.8 Å². The van der Waals surface area contributed by atoms with Crippen molar-refractivity contribution in [3.8, 4) is 0 Å². The molecule has 0 aliphatic carbocycles. The van der Waals surface area contributed by atoms with Gasteiger partial charge >= 0.3 is 6.18 Å². The molecular formula is C14H11ClF3N3. The average molecular weight is 314 g/mol. The van der Waals surface area contributed by atoms with Gasteiger partial charge in [-0.2, -0.15) is 18.3 Å². The van der Waals surface area contributed by atoms with E-state index in [2.05, 4.69) is 16.7 Å². The molecule has 7 heteroatoms. The van der Waals surface area contributed by atoms with Crippen molar-refractivity contribution in [2.24, 2.45) is 0 Å². The predicted molar refractivity (Wildman–Crippen MR) is 76.0 cm³/mol. The number of imidazole rings is 1. The Balaban J connectivity index is 2.60. The summed E-state index contributed by atoms with van der Waals surface area (Å²) in [7, 11) is 0. The molecule has 110 valence electrons. The van der Waals surface area contributed by atoms with Gasteiger partial charge in [0.1, 0.15) is 5.15 Å². The maximum atomic E-state index is 12.7. The van der Waals surface area contributed by atoms with E-state index in [1.807, 2.05) is 0 Å². The molecule has 0 aliphatic heterocycles. The van der Waals surface area contributed by atoms with Crippen LogP contribution >= 0.6 is 11.6 Å². The Morgan fingerprint density at radius 2 is 2.10 bits per heavy atom. The number of halogens is 4. The molecule has 3 nitrogen and oxygen atoms in total. The second-order valence-electron chi connectivity index (χ2n) is 4.25. The van der Waals surface area contributed by atoms with Crippen molar-refractivity contribution < 1.29 is 13.2 Å². The highest BCUT2D eigenvalue weighted by Gasteiger charge is 2.30. The molecule has 2 aromatic rings. The molecule has 0 N–H and O–H groups in total. The summed E-state index contributed by atoms with van der Waals surface area (Å²) in [5.41, 5.74) is 0.452. The van der Waals surface area contributed by atoms with Crippen molar-refractivity contribution >= 4 is 22.8 Å². The molecule has 0 saturated heterocycles. The lowest BCUT2D eigenvalue weighted by atomic mass is 10.1. The summed E-state index contributed by atoms with van der Waals surface area (Å²) >= 11 is 5.81. The summed E-state index contributed by atoms with van der Waals surface area (Å²) in [6, 6.07) is 3.19. The van der Waals surface area contributed by atoms with E-state index in [9.17, 15) is 13.2 Å². The highest BCUT2D eigenvalue weighted by molar-refractivity contribution is 6.29. The average Bonchev–Trinajstić information content (AvgIpc) is 2.79. The Morgan fingerprint density at radius 1 is 1.38 bits per heavy atom. The van der Waals surface area contributed by atoms with Crippen LogP contribution in [0.1, 0.15) is 12.6 Å². The van der Waals surface area contributed by atoms with Crippen molar-refractivity contribution in [3.63, 3.8) is 0 Å². The van der Waals surface area contributed by atoms with Crippen LogP contribution in [0.15, 0.2) is 48.7 Å². The molecule has 0 spiro atoms. The SMILES string of the molecule is C=C/C=C(\C=C(/C)C(F)(F)F)c1cnc2ccc(Cl)nn12. The molecule has 0 atom stereocenters. The zero-order chi connectivity index (χ0) is 15.6. The first-order chi connectivity index (χ1) is 9.82. The second kappa shape index (κ2) is 5.73. The molecule has 0 saturated carbocycles. The quantitative estimate of drug-likeness (QED) is 0.783. The summed E-state index contributed by atoms with van der Waals surface area (Å²) in [6.07, 6.45) is 0.925. The van der Waals surface area contributed by atoms with Crippen molar-refractivity contribution in [2.75, 3.05) is 0 Å². The number of allylic oxidation sites excluding steroid dienone is 5. The van der Waals surface area contributed by atoms with Gasteiger partial charge in [-0.25, -0.2) is 9.50 Å². The van der Waals surface area contributed by atoms with E-state index in [4.69, 9.17) is 11.6 Å². The number of aromatic nitrogens is 3. The minimum absolute atomic E-state index is 0.219. The number of alkyl halides is 3. The molecule has 0 aromatic carbocycles. The van der Waals surface area contributed by atoms with E-state index < -0.39 is 11.7 Å². The summed E-state index contributed by atoms with van der Waals surface area (Å²) < 4.78 is 39.5. The van der Waals surface area contributed by atoms with Crippen molar-refractivity contribution in [2.45, 2.75) is 13.1 Å². The van der Waals surface area contributed by atoms with E-state index in [0.717, 1.165) is 13.0 Å². The van der Waals surface area contributed by atoms with Crippen molar-refractivity contribution in [1.82, 2.24) is 14.6 Å². The summed E-state index contributed by atoms with van der Waals surface area (Å²) in [5.74, 6) is 0. The van der Waals surface area contributed by atoms with Crippen molar-refractivity contribution in [1.29, 1.82) is 0 Å². The van der Waals surface area contributed by atoms with Crippen LogP contribution in [0, 0.1) is 0 Å². The highest BCUT2D eigenvalue weighted by Crippen LogP contribution is 2.28. The van der Waals surface area contributed by atoms with Gasteiger partial charge in [0.05, 0.1) is 11.9 Å². The predicted octanol–water partition coefficient (Wildman–Crippen LogP) is 4.46. The summed E-state index contributed by atoms with van der Waals surface area (Å²) in [6.45, 7) is 4.51. The molecule has 0 bridgehead atoms. The first kappa shape index (κ1) is 15.3. The molecule has 0 fully saturated rings. The molecule has 0 amide bonds. The maximum absolute atomic E-state index is 12.7. The van der Waals surface area contributed by atoms with Gasteiger partial charge in [0, 0.05) is 11.1 Å². The topological polar surface area (TPSA) is 30.2 Å². The Morgan fingerprint density at radius 3 is 2.71 bits per heavy atom.